The van der Waals surface area contributed by atoms with Crippen molar-refractivity contribution in [3.63, 3.8) is 0 Å². The van der Waals surface area contributed by atoms with E-state index in [2.05, 4.69) is 10.6 Å². The average Bonchev–Trinajstić information content (AvgIpc) is 3.27. The zero-order valence-electron chi connectivity index (χ0n) is 14.6. The Kier molecular flexibility index (Phi) is 6.35. The molecule has 6 nitrogen and oxygen atoms in total. The first-order valence-corrected chi connectivity index (χ1v) is 9.70. The Hall–Kier alpha value is -1.30. The molecule has 1 aliphatic carbocycles. The number of ether oxygens (including phenoxy) is 1. The Bertz CT molecular complexity index is 431. The predicted octanol–water partition coefficient (Wildman–Crippen LogP) is 2.18. The van der Waals surface area contributed by atoms with Gasteiger partial charge in [-0.2, -0.15) is 0 Å². The van der Waals surface area contributed by atoms with Gasteiger partial charge in [0, 0.05) is 25.7 Å². The fourth-order valence-corrected chi connectivity index (χ4v) is 4.13. The maximum absolute atomic E-state index is 12.5. The lowest BCUT2D eigenvalue weighted by Crippen LogP contribution is -2.52. The first-order chi connectivity index (χ1) is 11.7. The first kappa shape index (κ1) is 17.5. The number of nitrogens with one attached hydrogen (secondary N) is 2. The Morgan fingerprint density at radius 3 is 2.58 bits per heavy atom. The van der Waals surface area contributed by atoms with Gasteiger partial charge >= 0.3 is 6.03 Å². The molecule has 2 N–H and O–H groups in total. The van der Waals surface area contributed by atoms with Gasteiger partial charge in [-0.05, 0) is 44.9 Å². The van der Waals surface area contributed by atoms with Gasteiger partial charge in [-0.3, -0.25) is 4.79 Å². The predicted molar refractivity (Wildman–Crippen MR) is 91.7 cm³/mol. The SMILES string of the molecule is O=C(NCC[C@@H]1CCCO1)[C@H]1CCCN1C(=O)NC1CCCCC1. The highest BCUT2D eigenvalue weighted by atomic mass is 16.5. The summed E-state index contributed by atoms with van der Waals surface area (Å²) in [6, 6.07) is -0.0770. The number of likely N-dealkylation sites (tertiary alicyclic amines) is 1. The topological polar surface area (TPSA) is 70.7 Å². The minimum absolute atomic E-state index is 0.00992. The lowest BCUT2D eigenvalue weighted by Gasteiger charge is -2.29. The second kappa shape index (κ2) is 8.70. The van der Waals surface area contributed by atoms with Crippen molar-refractivity contribution in [1.82, 2.24) is 15.5 Å². The molecule has 1 saturated carbocycles. The van der Waals surface area contributed by atoms with Crippen LogP contribution in [-0.4, -0.2) is 54.7 Å². The molecule has 0 aromatic heterocycles. The Morgan fingerprint density at radius 1 is 1.00 bits per heavy atom. The van der Waals surface area contributed by atoms with E-state index in [0.717, 1.165) is 51.6 Å². The summed E-state index contributed by atoms with van der Waals surface area (Å²) in [6.45, 7) is 2.16. The average molecular weight is 337 g/mol. The molecule has 0 spiro atoms. The van der Waals surface area contributed by atoms with Crippen molar-refractivity contribution in [2.45, 2.75) is 82.4 Å². The van der Waals surface area contributed by atoms with Gasteiger partial charge in [0.05, 0.1) is 6.10 Å². The summed E-state index contributed by atoms with van der Waals surface area (Å²) < 4.78 is 5.58. The molecule has 2 aliphatic heterocycles. The number of hydrogen-bond acceptors (Lipinski definition) is 3. The number of carbonyl (C=O) groups is 2. The van der Waals surface area contributed by atoms with E-state index in [1.165, 1.54) is 19.3 Å². The molecule has 0 radical (unpaired) electrons. The Morgan fingerprint density at radius 2 is 1.83 bits per heavy atom. The van der Waals surface area contributed by atoms with E-state index in [1.54, 1.807) is 4.90 Å². The molecule has 2 atom stereocenters. The summed E-state index contributed by atoms with van der Waals surface area (Å²) in [5, 5.41) is 6.13. The molecule has 3 amide bonds. The molecule has 2 saturated heterocycles. The normalized spacial score (nSPS) is 28.1. The van der Waals surface area contributed by atoms with E-state index < -0.39 is 0 Å². The number of nitrogens with zero attached hydrogens (tertiary/aromatic N) is 1. The number of hydrogen-bond donors (Lipinski definition) is 2. The van der Waals surface area contributed by atoms with Crippen LogP contribution in [0.4, 0.5) is 4.79 Å². The number of amides is 3. The van der Waals surface area contributed by atoms with Crippen LogP contribution >= 0.6 is 0 Å². The molecule has 0 aromatic rings. The maximum Gasteiger partial charge on any atom is 0.318 e. The first-order valence-electron chi connectivity index (χ1n) is 9.70. The van der Waals surface area contributed by atoms with Gasteiger partial charge in [-0.1, -0.05) is 19.3 Å². The van der Waals surface area contributed by atoms with Gasteiger partial charge in [0.15, 0.2) is 0 Å². The largest absolute Gasteiger partial charge is 0.378 e. The molecule has 0 unspecified atom stereocenters. The standard InChI is InChI=1S/C18H31N3O3/c22-17(19-11-10-15-8-5-13-24-15)16-9-4-12-21(16)18(23)20-14-6-2-1-3-7-14/h14-16H,1-13H2,(H,19,22)(H,20,23)/t15-,16+/m0/s1. The zero-order valence-corrected chi connectivity index (χ0v) is 14.6. The smallest absolute Gasteiger partial charge is 0.318 e. The highest BCUT2D eigenvalue weighted by Crippen LogP contribution is 2.21. The van der Waals surface area contributed by atoms with Crippen LogP contribution in [-0.2, 0) is 9.53 Å². The van der Waals surface area contributed by atoms with Crippen LogP contribution in [0.3, 0.4) is 0 Å². The van der Waals surface area contributed by atoms with Gasteiger partial charge in [0.1, 0.15) is 6.04 Å². The molecule has 6 heteroatoms. The number of urea groups is 1. The molecule has 136 valence electrons. The van der Waals surface area contributed by atoms with Crippen molar-refractivity contribution >= 4 is 11.9 Å². The van der Waals surface area contributed by atoms with Crippen LogP contribution < -0.4 is 10.6 Å². The van der Waals surface area contributed by atoms with Crippen molar-refractivity contribution < 1.29 is 14.3 Å². The minimum Gasteiger partial charge on any atom is -0.378 e. The van der Waals surface area contributed by atoms with Gasteiger partial charge in [0.2, 0.25) is 5.91 Å². The van der Waals surface area contributed by atoms with Crippen molar-refractivity contribution in [1.29, 1.82) is 0 Å². The van der Waals surface area contributed by atoms with Crippen LogP contribution in [0.25, 0.3) is 0 Å². The van der Waals surface area contributed by atoms with Crippen LogP contribution in [0.1, 0.15) is 64.2 Å². The Labute approximate surface area is 144 Å². The van der Waals surface area contributed by atoms with E-state index in [9.17, 15) is 9.59 Å². The Balaban J connectivity index is 1.42. The molecule has 0 aromatic carbocycles. The lowest BCUT2D eigenvalue weighted by molar-refractivity contribution is -0.124. The van der Waals surface area contributed by atoms with Gasteiger partial charge in [-0.15, -0.1) is 0 Å². The summed E-state index contributed by atoms with van der Waals surface area (Å²) in [4.78, 5) is 26.7. The van der Waals surface area contributed by atoms with E-state index in [1.807, 2.05) is 0 Å². The third-order valence-electron chi connectivity index (χ3n) is 5.54. The third kappa shape index (κ3) is 4.62. The second-order valence-corrected chi connectivity index (χ2v) is 7.35. The quantitative estimate of drug-likeness (QED) is 0.808. The molecular formula is C18H31N3O3. The van der Waals surface area contributed by atoms with Crippen molar-refractivity contribution in [3.05, 3.63) is 0 Å². The summed E-state index contributed by atoms with van der Waals surface area (Å²) in [5.74, 6) is -0.00992. The molecular weight excluding hydrogens is 306 g/mol. The fourth-order valence-electron chi connectivity index (χ4n) is 4.13. The minimum atomic E-state index is -0.307. The van der Waals surface area contributed by atoms with Crippen LogP contribution in [0.5, 0.6) is 0 Å². The molecule has 3 aliphatic rings. The summed E-state index contributed by atoms with van der Waals surface area (Å²) in [6.07, 6.45) is 10.8. The number of carbonyl (C=O) groups excluding carboxylic acids is 2. The molecule has 3 fully saturated rings. The molecule has 0 bridgehead atoms. The lowest BCUT2D eigenvalue weighted by atomic mass is 9.96. The molecule has 2 heterocycles. The maximum atomic E-state index is 12.5. The van der Waals surface area contributed by atoms with E-state index in [0.29, 0.717) is 19.2 Å². The van der Waals surface area contributed by atoms with Crippen molar-refractivity contribution in [3.8, 4) is 0 Å². The van der Waals surface area contributed by atoms with Crippen molar-refractivity contribution in [2.75, 3.05) is 19.7 Å². The summed E-state index contributed by atoms with van der Waals surface area (Å²) in [5.41, 5.74) is 0. The highest BCUT2D eigenvalue weighted by Gasteiger charge is 2.34. The van der Waals surface area contributed by atoms with Crippen LogP contribution in [0, 0.1) is 0 Å². The summed E-state index contributed by atoms with van der Waals surface area (Å²) in [7, 11) is 0. The highest BCUT2D eigenvalue weighted by molar-refractivity contribution is 5.87. The van der Waals surface area contributed by atoms with Gasteiger partial charge in [0.25, 0.3) is 0 Å². The summed E-state index contributed by atoms with van der Waals surface area (Å²) >= 11 is 0. The molecule has 24 heavy (non-hydrogen) atoms. The monoisotopic (exact) mass is 337 g/mol. The van der Waals surface area contributed by atoms with Gasteiger partial charge in [-0.25, -0.2) is 4.79 Å². The number of rotatable bonds is 5. The van der Waals surface area contributed by atoms with E-state index in [-0.39, 0.29) is 24.0 Å². The molecule has 3 rings (SSSR count). The second-order valence-electron chi connectivity index (χ2n) is 7.35. The fraction of sp³-hybridized carbons (Fsp3) is 0.889. The van der Waals surface area contributed by atoms with Crippen LogP contribution in [0.2, 0.25) is 0 Å². The zero-order chi connectivity index (χ0) is 16.8. The third-order valence-corrected chi connectivity index (χ3v) is 5.54. The van der Waals surface area contributed by atoms with Crippen molar-refractivity contribution in [2.24, 2.45) is 0 Å². The van der Waals surface area contributed by atoms with E-state index >= 15 is 0 Å². The van der Waals surface area contributed by atoms with Crippen LogP contribution in [0.15, 0.2) is 0 Å². The van der Waals surface area contributed by atoms with E-state index in [4.69, 9.17) is 4.74 Å². The van der Waals surface area contributed by atoms with Gasteiger partial charge < -0.3 is 20.3 Å².